The molecule has 1 atom stereocenters. The third kappa shape index (κ3) is 3.55. The molecule has 0 bridgehead atoms. The van der Waals surface area contributed by atoms with Crippen molar-refractivity contribution in [1.29, 1.82) is 0 Å². The van der Waals surface area contributed by atoms with Crippen molar-refractivity contribution >= 4 is 0 Å². The van der Waals surface area contributed by atoms with Gasteiger partial charge in [0.15, 0.2) is 0 Å². The van der Waals surface area contributed by atoms with Crippen LogP contribution in [0.4, 0.5) is 4.39 Å². The highest BCUT2D eigenvalue weighted by atomic mass is 19.1. The summed E-state index contributed by atoms with van der Waals surface area (Å²) in [5.41, 5.74) is 8.07. The van der Waals surface area contributed by atoms with Gasteiger partial charge in [-0.3, -0.25) is 0 Å². The van der Waals surface area contributed by atoms with Gasteiger partial charge in [-0.1, -0.05) is 37.3 Å². The summed E-state index contributed by atoms with van der Waals surface area (Å²) in [4.78, 5) is 0. The molecule has 0 fully saturated rings. The van der Waals surface area contributed by atoms with Gasteiger partial charge in [0.05, 0.1) is 6.04 Å². The van der Waals surface area contributed by atoms with E-state index in [0.717, 1.165) is 23.3 Å². The highest BCUT2D eigenvalue weighted by Gasteiger charge is 2.08. The first-order chi connectivity index (χ1) is 9.20. The monoisotopic (exact) mass is 259 g/mol. The molecule has 0 amide bonds. The average Bonchev–Trinajstić information content (AvgIpc) is 2.45. The first kappa shape index (κ1) is 13.6. The molecule has 0 aliphatic heterocycles. The van der Waals surface area contributed by atoms with Crippen LogP contribution in [0.3, 0.4) is 0 Å². The summed E-state index contributed by atoms with van der Waals surface area (Å²) in [7, 11) is 0. The molecule has 2 N–H and O–H groups in total. The zero-order chi connectivity index (χ0) is 13.7. The Balaban J connectivity index is 2.00. The average molecular weight is 259 g/mol. The Bertz CT molecular complexity index is 525. The van der Waals surface area contributed by atoms with Crippen molar-refractivity contribution in [2.24, 2.45) is 5.73 Å². The lowest BCUT2D eigenvalue weighted by Crippen LogP contribution is -2.19. The van der Waals surface area contributed by atoms with Crippen LogP contribution in [0.1, 0.15) is 24.1 Å². The van der Waals surface area contributed by atoms with E-state index in [4.69, 9.17) is 10.5 Å². The summed E-state index contributed by atoms with van der Waals surface area (Å²) in [6.07, 6.45) is 0.919. The number of ether oxygens (including phenoxy) is 1. The maximum absolute atomic E-state index is 12.8. The van der Waals surface area contributed by atoms with E-state index in [9.17, 15) is 4.39 Å². The van der Waals surface area contributed by atoms with Gasteiger partial charge in [-0.15, -0.1) is 0 Å². The zero-order valence-corrected chi connectivity index (χ0v) is 11.0. The van der Waals surface area contributed by atoms with E-state index in [1.54, 1.807) is 12.1 Å². The highest BCUT2D eigenvalue weighted by molar-refractivity contribution is 5.33. The fraction of sp³-hybridized carbons (Fsp3) is 0.250. The van der Waals surface area contributed by atoms with E-state index in [1.807, 2.05) is 24.3 Å². The number of hydrogen-bond acceptors (Lipinski definition) is 2. The molecule has 19 heavy (non-hydrogen) atoms. The van der Waals surface area contributed by atoms with Crippen LogP contribution in [0.5, 0.6) is 5.75 Å². The second-order valence-corrected chi connectivity index (χ2v) is 4.43. The van der Waals surface area contributed by atoms with Crippen molar-refractivity contribution in [3.8, 4) is 5.75 Å². The molecular formula is C16H18FNO. The fourth-order valence-electron chi connectivity index (χ4n) is 1.92. The van der Waals surface area contributed by atoms with Gasteiger partial charge in [0, 0.05) is 0 Å². The summed E-state index contributed by atoms with van der Waals surface area (Å²) >= 11 is 0. The molecule has 1 unspecified atom stereocenters. The van der Waals surface area contributed by atoms with Crippen molar-refractivity contribution in [3.63, 3.8) is 0 Å². The topological polar surface area (TPSA) is 35.2 Å². The molecule has 2 aromatic rings. The standard InChI is InChI=1S/C16H18FNO/c1-2-12-5-3-4-6-16(12)19-11-15(18)13-7-9-14(17)10-8-13/h3-10,15H,2,11,18H2,1H3. The van der Waals surface area contributed by atoms with Crippen LogP contribution in [-0.4, -0.2) is 6.61 Å². The number of benzene rings is 2. The number of nitrogens with two attached hydrogens (primary N) is 1. The zero-order valence-electron chi connectivity index (χ0n) is 11.0. The number of rotatable bonds is 5. The Labute approximate surface area is 113 Å². The predicted octanol–water partition coefficient (Wildman–Crippen LogP) is 3.47. The number of aryl methyl sites for hydroxylation is 1. The Morgan fingerprint density at radius 2 is 1.79 bits per heavy atom. The van der Waals surface area contributed by atoms with Crippen LogP contribution >= 0.6 is 0 Å². The first-order valence-electron chi connectivity index (χ1n) is 6.42. The van der Waals surface area contributed by atoms with Gasteiger partial charge in [-0.25, -0.2) is 4.39 Å². The summed E-state index contributed by atoms with van der Waals surface area (Å²) in [6.45, 7) is 2.46. The summed E-state index contributed by atoms with van der Waals surface area (Å²) < 4.78 is 18.6. The third-order valence-electron chi connectivity index (χ3n) is 3.07. The van der Waals surface area contributed by atoms with Gasteiger partial charge in [0.1, 0.15) is 18.2 Å². The molecular weight excluding hydrogens is 241 g/mol. The summed E-state index contributed by atoms with van der Waals surface area (Å²) in [5.74, 6) is 0.607. The van der Waals surface area contributed by atoms with Crippen LogP contribution < -0.4 is 10.5 Å². The molecule has 2 rings (SSSR count). The maximum atomic E-state index is 12.8. The Morgan fingerprint density at radius 1 is 1.11 bits per heavy atom. The van der Waals surface area contributed by atoms with E-state index in [2.05, 4.69) is 6.92 Å². The quantitative estimate of drug-likeness (QED) is 0.892. The Kier molecular flexibility index (Phi) is 4.53. The van der Waals surface area contributed by atoms with Gasteiger partial charge in [-0.05, 0) is 35.7 Å². The van der Waals surface area contributed by atoms with E-state index in [0.29, 0.717) is 6.61 Å². The molecule has 2 nitrogen and oxygen atoms in total. The lowest BCUT2D eigenvalue weighted by Gasteiger charge is -2.15. The first-order valence-corrected chi connectivity index (χ1v) is 6.42. The van der Waals surface area contributed by atoms with Crippen molar-refractivity contribution in [2.45, 2.75) is 19.4 Å². The minimum atomic E-state index is -0.259. The van der Waals surface area contributed by atoms with E-state index < -0.39 is 0 Å². The molecule has 0 radical (unpaired) electrons. The molecule has 0 aliphatic rings. The van der Waals surface area contributed by atoms with E-state index in [-0.39, 0.29) is 11.9 Å². The van der Waals surface area contributed by atoms with Crippen LogP contribution in [0, 0.1) is 5.82 Å². The molecule has 0 spiro atoms. The van der Waals surface area contributed by atoms with Gasteiger partial charge in [0.25, 0.3) is 0 Å². The molecule has 0 saturated heterocycles. The SMILES string of the molecule is CCc1ccccc1OCC(N)c1ccc(F)cc1. The van der Waals surface area contributed by atoms with Crippen molar-refractivity contribution in [1.82, 2.24) is 0 Å². The lowest BCUT2D eigenvalue weighted by atomic mass is 10.1. The minimum absolute atomic E-state index is 0.256. The molecule has 0 aromatic heterocycles. The Morgan fingerprint density at radius 3 is 2.47 bits per heavy atom. The van der Waals surface area contributed by atoms with Crippen LogP contribution in [-0.2, 0) is 6.42 Å². The van der Waals surface area contributed by atoms with Gasteiger partial charge < -0.3 is 10.5 Å². The maximum Gasteiger partial charge on any atom is 0.123 e. The Hall–Kier alpha value is -1.87. The van der Waals surface area contributed by atoms with Crippen LogP contribution in [0.2, 0.25) is 0 Å². The van der Waals surface area contributed by atoms with Gasteiger partial charge >= 0.3 is 0 Å². The van der Waals surface area contributed by atoms with E-state index in [1.165, 1.54) is 12.1 Å². The van der Waals surface area contributed by atoms with Gasteiger partial charge in [-0.2, -0.15) is 0 Å². The van der Waals surface area contributed by atoms with Crippen molar-refractivity contribution in [3.05, 3.63) is 65.5 Å². The van der Waals surface area contributed by atoms with Crippen molar-refractivity contribution in [2.75, 3.05) is 6.61 Å². The molecule has 100 valence electrons. The largest absolute Gasteiger partial charge is 0.491 e. The minimum Gasteiger partial charge on any atom is -0.491 e. The fourth-order valence-corrected chi connectivity index (χ4v) is 1.92. The predicted molar refractivity (Wildman–Crippen MR) is 74.6 cm³/mol. The van der Waals surface area contributed by atoms with Crippen LogP contribution in [0.15, 0.2) is 48.5 Å². The summed E-state index contributed by atoms with van der Waals surface area (Å²) in [5, 5.41) is 0. The smallest absolute Gasteiger partial charge is 0.123 e. The van der Waals surface area contributed by atoms with Crippen LogP contribution in [0.25, 0.3) is 0 Å². The second kappa shape index (κ2) is 6.34. The highest BCUT2D eigenvalue weighted by Crippen LogP contribution is 2.20. The molecule has 0 heterocycles. The second-order valence-electron chi connectivity index (χ2n) is 4.43. The van der Waals surface area contributed by atoms with E-state index >= 15 is 0 Å². The summed E-state index contributed by atoms with van der Waals surface area (Å²) in [6, 6.07) is 13.9. The van der Waals surface area contributed by atoms with Crippen molar-refractivity contribution < 1.29 is 9.13 Å². The lowest BCUT2D eigenvalue weighted by molar-refractivity contribution is 0.288. The molecule has 2 aromatic carbocycles. The number of hydrogen-bond donors (Lipinski definition) is 1. The number of para-hydroxylation sites is 1. The molecule has 0 aliphatic carbocycles. The third-order valence-corrected chi connectivity index (χ3v) is 3.07. The van der Waals surface area contributed by atoms with Gasteiger partial charge in [0.2, 0.25) is 0 Å². The molecule has 0 saturated carbocycles. The number of halogens is 1. The molecule has 3 heteroatoms. The normalized spacial score (nSPS) is 12.2.